The maximum Gasteiger partial charge on any atom is 0 e. The monoisotopic (exact) mass is 1430 g/mol. The number of benzene rings is 8. The van der Waals surface area contributed by atoms with Gasteiger partial charge in [-0.25, -0.2) is 0 Å². The molecule has 8 aromatic rings. The first-order chi connectivity index (χ1) is 39.0. The molecule has 0 heterocycles. The molecular formula is C85H142Y3-6. The van der Waals surface area contributed by atoms with E-state index in [0.29, 0.717) is 5.41 Å². The van der Waals surface area contributed by atoms with E-state index in [9.17, 15) is 0 Å². The van der Waals surface area contributed by atoms with E-state index in [-0.39, 0.29) is 143 Å². The zero-order valence-electron chi connectivity index (χ0n) is 62.6. The average Bonchev–Trinajstić information content (AvgIpc) is 3.72. The fourth-order valence-corrected chi connectivity index (χ4v) is 7.78. The Bertz CT molecular complexity index is 1590. The molecule has 0 spiro atoms. The Morgan fingerprint density at radius 1 is 0.205 bits per heavy atom. The van der Waals surface area contributed by atoms with Crippen LogP contribution in [0.3, 0.4) is 0 Å². The molecule has 10 rings (SSSR count). The van der Waals surface area contributed by atoms with Gasteiger partial charge in [0.15, 0.2) is 0 Å². The molecule has 2 aliphatic rings. The van der Waals surface area contributed by atoms with Gasteiger partial charge in [0.1, 0.15) is 0 Å². The molecule has 88 heavy (non-hydrogen) atoms. The van der Waals surface area contributed by atoms with Gasteiger partial charge in [-0.05, 0) is 65.5 Å². The molecule has 2 saturated carbocycles. The summed E-state index contributed by atoms with van der Waals surface area (Å²) >= 11 is 0. The van der Waals surface area contributed by atoms with Crippen molar-refractivity contribution < 1.29 is 98.1 Å². The van der Waals surface area contributed by atoms with E-state index in [1.54, 1.807) is 0 Å². The van der Waals surface area contributed by atoms with Crippen molar-refractivity contribution in [3.05, 3.63) is 311 Å². The molecule has 3 heteroatoms. The third kappa shape index (κ3) is 81.3. The van der Waals surface area contributed by atoms with Crippen molar-refractivity contribution in [2.45, 2.75) is 190 Å². The smallest absolute Gasteiger partial charge is 0 e. The number of hydrogen-bond donors (Lipinski definition) is 0. The summed E-state index contributed by atoms with van der Waals surface area (Å²) in [5, 5.41) is 2.62. The van der Waals surface area contributed by atoms with Gasteiger partial charge < -0.3 is 44.6 Å². The quantitative estimate of drug-likeness (QED) is 0.151. The number of hydrogen-bond acceptors (Lipinski definition) is 0. The molecule has 0 aromatic heterocycles. The molecule has 497 valence electrons. The molecule has 0 nitrogen and oxygen atoms in total. The van der Waals surface area contributed by atoms with Crippen LogP contribution in [0.5, 0.6) is 0 Å². The second-order valence-electron chi connectivity index (χ2n) is 17.0. The molecular weight excluding hydrogens is 1290 g/mol. The minimum atomic E-state index is 0. The Kier molecular flexibility index (Phi) is 152. The van der Waals surface area contributed by atoms with Crippen LogP contribution in [0, 0.1) is 73.6 Å². The van der Waals surface area contributed by atoms with Gasteiger partial charge in [0, 0.05) is 98.1 Å². The van der Waals surface area contributed by atoms with Crippen LogP contribution in [0.25, 0.3) is 10.8 Å². The number of fused-ring (bicyclic) bond motifs is 1. The summed E-state index contributed by atoms with van der Waals surface area (Å²) in [5.74, 6) is 4.01. The van der Waals surface area contributed by atoms with Crippen LogP contribution in [-0.2, 0) is 98.1 Å². The van der Waals surface area contributed by atoms with Gasteiger partial charge in [0.25, 0.3) is 0 Å². The molecule has 8 aromatic carbocycles. The van der Waals surface area contributed by atoms with Crippen LogP contribution in [-0.4, -0.2) is 0 Å². The first-order valence-corrected chi connectivity index (χ1v) is 31.4. The van der Waals surface area contributed by atoms with Gasteiger partial charge in [-0.15, -0.1) is 0 Å². The zero-order chi connectivity index (χ0) is 60.7. The fourth-order valence-electron chi connectivity index (χ4n) is 7.78. The van der Waals surface area contributed by atoms with E-state index in [2.05, 4.69) is 76.2 Å². The van der Waals surface area contributed by atoms with Crippen molar-refractivity contribution in [3.8, 4) is 0 Å². The van der Waals surface area contributed by atoms with E-state index in [1.807, 2.05) is 329 Å². The minimum Gasteiger partial charge on any atom is -0.358 e. The van der Waals surface area contributed by atoms with E-state index in [1.165, 1.54) is 62.1 Å². The SMILES string of the molecule is CC.CC.CC.CC.CC.CC.CC.CC.CC1CCC(C(C)(C)C2CCC(C)CC2)CC1.[CH3-].[CH3-].[CH3-].[CH3-].[CH3-].[CH3-].[Y].[Y].[Y].c1ccc2ccccc2c1.c1ccccc1.c1ccccc1.c1ccccc1.c1ccccc1.c1ccccc1.c1ccccc1. The van der Waals surface area contributed by atoms with Crippen molar-refractivity contribution in [2.75, 3.05) is 0 Å². The second kappa shape index (κ2) is 109. The molecule has 2 fully saturated rings. The molecule has 0 N–H and O–H groups in total. The maximum absolute atomic E-state index is 2.58. The maximum atomic E-state index is 2.58. The molecule has 0 amide bonds. The Morgan fingerprint density at radius 2 is 0.307 bits per heavy atom. The van der Waals surface area contributed by atoms with Crippen LogP contribution < -0.4 is 0 Å². The molecule has 0 bridgehead atoms. The van der Waals surface area contributed by atoms with Crippen LogP contribution in [0.2, 0.25) is 0 Å². The Labute approximate surface area is 632 Å². The van der Waals surface area contributed by atoms with Gasteiger partial charge in [0.05, 0.1) is 0 Å². The van der Waals surface area contributed by atoms with Crippen LogP contribution in [0.1, 0.15) is 190 Å². The number of rotatable bonds is 2. The summed E-state index contributed by atoms with van der Waals surface area (Å²) in [4.78, 5) is 0. The Balaban J connectivity index is -0.0000000520. The summed E-state index contributed by atoms with van der Waals surface area (Å²) in [6.07, 6.45) is 11.9. The summed E-state index contributed by atoms with van der Waals surface area (Å²) in [6.45, 7) is 42.0. The summed E-state index contributed by atoms with van der Waals surface area (Å²) in [5.41, 5.74) is 0.611. The summed E-state index contributed by atoms with van der Waals surface area (Å²) in [7, 11) is 0. The van der Waals surface area contributed by atoms with E-state index in [4.69, 9.17) is 0 Å². The third-order valence-corrected chi connectivity index (χ3v) is 11.8. The van der Waals surface area contributed by atoms with Crippen LogP contribution in [0.4, 0.5) is 0 Å². The van der Waals surface area contributed by atoms with Gasteiger partial charge in [-0.2, -0.15) is 0 Å². The molecule has 0 saturated heterocycles. The van der Waals surface area contributed by atoms with Crippen molar-refractivity contribution in [1.82, 2.24) is 0 Å². The van der Waals surface area contributed by atoms with Gasteiger partial charge in [-0.3, -0.25) is 0 Å². The minimum absolute atomic E-state index is 0. The van der Waals surface area contributed by atoms with Crippen molar-refractivity contribution >= 4 is 10.8 Å². The van der Waals surface area contributed by atoms with Crippen molar-refractivity contribution in [2.24, 2.45) is 29.1 Å². The average molecular weight is 1430 g/mol. The van der Waals surface area contributed by atoms with E-state index < -0.39 is 0 Å². The van der Waals surface area contributed by atoms with Crippen molar-refractivity contribution in [1.29, 1.82) is 0 Å². The van der Waals surface area contributed by atoms with E-state index in [0.717, 1.165) is 23.7 Å². The molecule has 3 radical (unpaired) electrons. The molecule has 0 aliphatic heterocycles. The molecule has 0 atom stereocenters. The second-order valence-corrected chi connectivity index (χ2v) is 17.0. The normalized spacial score (nSPS) is 12.7. The summed E-state index contributed by atoms with van der Waals surface area (Å²) in [6, 6.07) is 88.7. The third-order valence-electron chi connectivity index (χ3n) is 11.8. The molecule has 2 aliphatic carbocycles. The molecule has 0 unspecified atom stereocenters. The summed E-state index contributed by atoms with van der Waals surface area (Å²) < 4.78 is 0. The Hall–Kier alpha value is -2.67. The Morgan fingerprint density at radius 3 is 0.409 bits per heavy atom. The predicted octanol–water partition coefficient (Wildman–Crippen LogP) is 29.5. The van der Waals surface area contributed by atoms with E-state index >= 15 is 0 Å². The van der Waals surface area contributed by atoms with Crippen LogP contribution in [0.15, 0.2) is 267 Å². The first-order valence-electron chi connectivity index (χ1n) is 31.4. The predicted molar refractivity (Wildman–Crippen MR) is 408 cm³/mol. The zero-order valence-corrected chi connectivity index (χ0v) is 71.1. The van der Waals surface area contributed by atoms with Gasteiger partial charge >= 0.3 is 0 Å². The fraction of sp³-hybridized carbons (Fsp3) is 0.388. The largest absolute Gasteiger partial charge is 0.358 e. The van der Waals surface area contributed by atoms with Gasteiger partial charge in [0.2, 0.25) is 0 Å². The topological polar surface area (TPSA) is 0 Å². The standard InChI is InChI=1S/C17H32.C10H8.6C6H6.8C2H6.6CH3.3Y/c1-13-5-9-15(10-6-13)17(3,4)16-11-7-14(2)8-12-16;1-2-6-10-8-4-3-7-9(10)5-1;6*1-2-4-6-5-3-1;8*1-2;;;;;;;;;/h13-16H,5-12H2,1-4H3;1-8H;6*1-6H;8*1-2H3;6*1H3;;;/q;;;;;;;;;;;;;;;;6*-1;;;. The van der Waals surface area contributed by atoms with Crippen molar-refractivity contribution in [3.63, 3.8) is 0 Å². The van der Waals surface area contributed by atoms with Crippen LogP contribution >= 0.6 is 0 Å². The first kappa shape index (κ1) is 123. The van der Waals surface area contributed by atoms with Gasteiger partial charge in [-0.1, -0.05) is 431 Å².